The molecule has 0 fully saturated rings. The molecule has 0 bridgehead atoms. The molecule has 2 aromatic rings. The minimum Gasteiger partial charge on any atom is -0.487 e. The van der Waals surface area contributed by atoms with Crippen LogP contribution >= 0.6 is 0 Å². The molecule has 0 saturated carbocycles. The van der Waals surface area contributed by atoms with Gasteiger partial charge in [-0.25, -0.2) is 8.42 Å². The zero-order chi connectivity index (χ0) is 19.5. The predicted molar refractivity (Wildman–Crippen MR) is 104 cm³/mol. The average molecular weight is 376 g/mol. The van der Waals surface area contributed by atoms with Gasteiger partial charge in [0.2, 0.25) is 15.9 Å². The van der Waals surface area contributed by atoms with Gasteiger partial charge < -0.3 is 10.1 Å². The van der Waals surface area contributed by atoms with Gasteiger partial charge in [-0.1, -0.05) is 23.8 Å². The highest BCUT2D eigenvalue weighted by atomic mass is 32.2. The Balaban J connectivity index is 2.38. The molecule has 6 nitrogen and oxygen atoms in total. The van der Waals surface area contributed by atoms with Crippen molar-refractivity contribution in [2.24, 2.45) is 0 Å². The van der Waals surface area contributed by atoms with Crippen LogP contribution < -0.4 is 14.4 Å². The molecule has 1 N–H and O–H groups in total. The molecule has 1 amide bonds. The number of benzene rings is 2. The largest absolute Gasteiger partial charge is 0.487 e. The van der Waals surface area contributed by atoms with E-state index in [4.69, 9.17) is 4.74 Å². The lowest BCUT2D eigenvalue weighted by atomic mass is 10.1. The van der Waals surface area contributed by atoms with Crippen LogP contribution in [0.3, 0.4) is 0 Å². The maximum absolute atomic E-state index is 11.9. The Labute approximate surface area is 154 Å². The molecule has 0 aliphatic rings. The monoisotopic (exact) mass is 376 g/mol. The summed E-state index contributed by atoms with van der Waals surface area (Å²) in [7, 11) is -1.98. The first-order valence-electron chi connectivity index (χ1n) is 8.12. The molecule has 0 saturated heterocycles. The quantitative estimate of drug-likeness (QED) is 0.840. The van der Waals surface area contributed by atoms with Crippen LogP contribution in [-0.2, 0) is 21.4 Å². The molecule has 0 spiro atoms. The van der Waals surface area contributed by atoms with E-state index in [2.05, 4.69) is 5.32 Å². The number of sulfonamides is 1. The Hall–Kier alpha value is -2.54. The van der Waals surface area contributed by atoms with E-state index in [9.17, 15) is 13.2 Å². The molecule has 2 rings (SSSR count). The number of anilines is 2. The number of carbonyl (C=O) groups is 1. The third-order valence-corrected chi connectivity index (χ3v) is 5.20. The van der Waals surface area contributed by atoms with Gasteiger partial charge in [-0.05, 0) is 37.1 Å². The fourth-order valence-corrected chi connectivity index (χ4v) is 2.97. The molecule has 140 valence electrons. The van der Waals surface area contributed by atoms with E-state index in [1.165, 1.54) is 14.0 Å². The highest BCUT2D eigenvalue weighted by molar-refractivity contribution is 7.92. The molecule has 0 radical (unpaired) electrons. The molecule has 0 aliphatic carbocycles. The van der Waals surface area contributed by atoms with E-state index in [0.29, 0.717) is 23.7 Å². The van der Waals surface area contributed by atoms with Crippen molar-refractivity contribution in [2.75, 3.05) is 22.9 Å². The van der Waals surface area contributed by atoms with Crippen molar-refractivity contribution < 1.29 is 17.9 Å². The number of rotatable bonds is 6. The van der Waals surface area contributed by atoms with Gasteiger partial charge in [-0.15, -0.1) is 0 Å². The van der Waals surface area contributed by atoms with Crippen LogP contribution in [0.4, 0.5) is 11.4 Å². The minimum atomic E-state index is -3.45. The summed E-state index contributed by atoms with van der Waals surface area (Å²) in [5, 5.41) is 2.68. The molecule has 7 heteroatoms. The summed E-state index contributed by atoms with van der Waals surface area (Å²) in [5.41, 5.74) is 4.18. The number of nitrogens with one attached hydrogen (secondary N) is 1. The Morgan fingerprint density at radius 3 is 2.46 bits per heavy atom. The summed E-state index contributed by atoms with van der Waals surface area (Å²) in [5.74, 6) is 0.166. The van der Waals surface area contributed by atoms with Crippen LogP contribution in [0.2, 0.25) is 0 Å². The minimum absolute atomic E-state index is 0.213. The molecule has 2 aromatic carbocycles. The predicted octanol–water partition coefficient (Wildman–Crippen LogP) is 3.24. The second-order valence-electron chi connectivity index (χ2n) is 6.31. The Kier molecular flexibility index (Phi) is 5.92. The van der Waals surface area contributed by atoms with Crippen LogP contribution in [0.1, 0.15) is 23.6 Å². The Morgan fingerprint density at radius 2 is 1.85 bits per heavy atom. The Bertz CT molecular complexity index is 923. The number of aryl methyl sites for hydroxylation is 2. The smallest absolute Gasteiger partial charge is 0.232 e. The number of nitrogens with zero attached hydrogens (tertiary/aromatic N) is 1. The van der Waals surface area contributed by atoms with E-state index in [1.807, 2.05) is 32.0 Å². The van der Waals surface area contributed by atoms with Crippen LogP contribution in [0, 0.1) is 13.8 Å². The fourth-order valence-electron chi connectivity index (χ4n) is 2.46. The number of amides is 1. The maximum atomic E-state index is 11.9. The summed E-state index contributed by atoms with van der Waals surface area (Å²) in [6.45, 7) is 5.70. The molecule has 0 aromatic heterocycles. The van der Waals surface area contributed by atoms with Crippen molar-refractivity contribution in [2.45, 2.75) is 27.4 Å². The molecular weight excluding hydrogens is 352 g/mol. The third kappa shape index (κ3) is 4.98. The molecule has 0 heterocycles. The van der Waals surface area contributed by atoms with Gasteiger partial charge in [0, 0.05) is 25.7 Å². The van der Waals surface area contributed by atoms with Crippen LogP contribution in [-0.4, -0.2) is 27.6 Å². The van der Waals surface area contributed by atoms with Crippen LogP contribution in [0.25, 0.3) is 0 Å². The number of carbonyl (C=O) groups excluding carboxylic acids is 1. The first kappa shape index (κ1) is 19.8. The zero-order valence-corrected chi connectivity index (χ0v) is 16.5. The first-order valence-corrected chi connectivity index (χ1v) is 9.97. The van der Waals surface area contributed by atoms with Gasteiger partial charge in [0.25, 0.3) is 0 Å². The van der Waals surface area contributed by atoms with E-state index >= 15 is 0 Å². The number of hydrogen-bond acceptors (Lipinski definition) is 4. The molecular formula is C19H24N2O4S. The van der Waals surface area contributed by atoms with E-state index in [-0.39, 0.29) is 5.91 Å². The van der Waals surface area contributed by atoms with E-state index in [0.717, 1.165) is 27.3 Å². The highest BCUT2D eigenvalue weighted by Crippen LogP contribution is 2.33. The average Bonchev–Trinajstić information content (AvgIpc) is 2.54. The lowest BCUT2D eigenvalue weighted by Crippen LogP contribution is -2.25. The van der Waals surface area contributed by atoms with Gasteiger partial charge in [0.1, 0.15) is 12.4 Å². The molecule has 0 atom stereocenters. The van der Waals surface area contributed by atoms with E-state index in [1.54, 1.807) is 18.2 Å². The first-order chi connectivity index (χ1) is 12.1. The third-order valence-electron chi connectivity index (χ3n) is 4.00. The normalized spacial score (nSPS) is 11.1. The van der Waals surface area contributed by atoms with Gasteiger partial charge >= 0.3 is 0 Å². The van der Waals surface area contributed by atoms with Crippen molar-refractivity contribution in [3.8, 4) is 5.75 Å². The highest BCUT2D eigenvalue weighted by Gasteiger charge is 2.18. The SMILES string of the molecule is CC(=O)Nc1ccc(N(C)S(C)(=O)=O)c(OCc2cc(C)ccc2C)c1. The van der Waals surface area contributed by atoms with Gasteiger partial charge in [-0.2, -0.15) is 0 Å². The topological polar surface area (TPSA) is 75.7 Å². The maximum Gasteiger partial charge on any atom is 0.232 e. The van der Waals surface area contributed by atoms with Crippen LogP contribution in [0.5, 0.6) is 5.75 Å². The Morgan fingerprint density at radius 1 is 1.15 bits per heavy atom. The second kappa shape index (κ2) is 7.78. The lowest BCUT2D eigenvalue weighted by Gasteiger charge is -2.21. The zero-order valence-electron chi connectivity index (χ0n) is 15.7. The summed E-state index contributed by atoms with van der Waals surface area (Å²) >= 11 is 0. The van der Waals surface area contributed by atoms with Crippen molar-refractivity contribution in [1.82, 2.24) is 0 Å². The van der Waals surface area contributed by atoms with Crippen molar-refractivity contribution in [1.29, 1.82) is 0 Å². The van der Waals surface area contributed by atoms with Crippen molar-refractivity contribution >= 4 is 27.3 Å². The fraction of sp³-hybridized carbons (Fsp3) is 0.316. The standard InChI is InChI=1S/C19H24N2O4S/c1-13-6-7-14(2)16(10-13)12-25-19-11-17(20-15(3)22)8-9-18(19)21(4)26(5,23)24/h6-11H,12H2,1-5H3,(H,20,22). The van der Waals surface area contributed by atoms with Gasteiger partial charge in [0.05, 0.1) is 11.9 Å². The van der Waals surface area contributed by atoms with E-state index < -0.39 is 10.0 Å². The lowest BCUT2D eigenvalue weighted by molar-refractivity contribution is -0.114. The van der Waals surface area contributed by atoms with Crippen molar-refractivity contribution in [3.63, 3.8) is 0 Å². The number of hydrogen-bond donors (Lipinski definition) is 1. The second-order valence-corrected chi connectivity index (χ2v) is 8.33. The summed E-state index contributed by atoms with van der Waals surface area (Å²) in [6, 6.07) is 11.0. The summed E-state index contributed by atoms with van der Waals surface area (Å²) in [6.07, 6.45) is 1.13. The number of ether oxygens (including phenoxy) is 1. The van der Waals surface area contributed by atoms with Gasteiger partial charge in [0.15, 0.2) is 0 Å². The molecule has 0 aliphatic heterocycles. The molecule has 26 heavy (non-hydrogen) atoms. The summed E-state index contributed by atoms with van der Waals surface area (Å²) < 4.78 is 30.9. The van der Waals surface area contributed by atoms with Gasteiger partial charge in [-0.3, -0.25) is 9.10 Å². The van der Waals surface area contributed by atoms with Crippen LogP contribution in [0.15, 0.2) is 36.4 Å². The summed E-state index contributed by atoms with van der Waals surface area (Å²) in [4.78, 5) is 11.3. The molecule has 0 unspecified atom stereocenters. The van der Waals surface area contributed by atoms with Crippen molar-refractivity contribution in [3.05, 3.63) is 53.1 Å².